The molecule has 1 N–H and O–H groups in total. The minimum atomic E-state index is -1.06. The Bertz CT molecular complexity index is 604. The fourth-order valence-corrected chi connectivity index (χ4v) is 2.94. The van der Waals surface area contributed by atoms with Gasteiger partial charge in [0.05, 0.1) is 6.61 Å². The van der Waals surface area contributed by atoms with E-state index in [0.29, 0.717) is 26.0 Å². The molecule has 5 heteroatoms. The summed E-state index contributed by atoms with van der Waals surface area (Å²) in [6.45, 7) is 6.90. The molecule has 1 heterocycles. The Labute approximate surface area is 142 Å². The van der Waals surface area contributed by atoms with Gasteiger partial charge >= 0.3 is 5.97 Å². The molecule has 1 aromatic carbocycles. The summed E-state index contributed by atoms with van der Waals surface area (Å²) in [6.07, 6.45) is 4.05. The van der Waals surface area contributed by atoms with Gasteiger partial charge < -0.3 is 14.7 Å². The molecule has 1 aliphatic heterocycles. The number of nitrogens with zero attached hydrogens (tertiary/aromatic N) is 1. The number of carbonyl (C=O) groups is 2. The van der Waals surface area contributed by atoms with Crippen molar-refractivity contribution in [2.75, 3.05) is 26.2 Å². The molecule has 130 valence electrons. The maximum absolute atomic E-state index is 12.8. The Morgan fingerprint density at radius 3 is 2.50 bits per heavy atom. The number of phenolic OH excluding ortho intramolecular Hbond substituents is 1. The number of ether oxygens (including phenoxy) is 1. The van der Waals surface area contributed by atoms with E-state index in [1.165, 1.54) is 6.08 Å². The number of ketones is 1. The molecule has 1 saturated heterocycles. The number of esters is 1. The topological polar surface area (TPSA) is 66.8 Å². The monoisotopic (exact) mass is 331 g/mol. The predicted molar refractivity (Wildman–Crippen MR) is 92.6 cm³/mol. The molecule has 0 radical (unpaired) electrons. The maximum Gasteiger partial charge on any atom is 0.320 e. The summed E-state index contributed by atoms with van der Waals surface area (Å²) in [5.41, 5.74) is -0.262. The maximum atomic E-state index is 12.8. The third-order valence-corrected chi connectivity index (χ3v) is 4.69. The van der Waals surface area contributed by atoms with E-state index in [1.807, 2.05) is 0 Å². The zero-order chi connectivity index (χ0) is 17.6. The first-order valence-electron chi connectivity index (χ1n) is 8.43. The highest BCUT2D eigenvalue weighted by atomic mass is 16.5. The fourth-order valence-electron chi connectivity index (χ4n) is 2.94. The van der Waals surface area contributed by atoms with Gasteiger partial charge in [0, 0.05) is 6.42 Å². The van der Waals surface area contributed by atoms with Crippen LogP contribution < -0.4 is 0 Å². The summed E-state index contributed by atoms with van der Waals surface area (Å²) in [6, 6.07) is 6.55. The van der Waals surface area contributed by atoms with Crippen LogP contribution in [-0.4, -0.2) is 48.0 Å². The number of rotatable bonds is 8. The van der Waals surface area contributed by atoms with Gasteiger partial charge in [0.1, 0.15) is 11.2 Å². The highest BCUT2D eigenvalue weighted by molar-refractivity contribution is 6.11. The first-order valence-corrected chi connectivity index (χ1v) is 8.43. The minimum Gasteiger partial charge on any atom is -0.508 e. The second kappa shape index (κ2) is 8.11. The molecule has 0 saturated carbocycles. The smallest absolute Gasteiger partial charge is 0.320 e. The summed E-state index contributed by atoms with van der Waals surface area (Å²) in [7, 11) is 0. The van der Waals surface area contributed by atoms with Crippen LogP contribution in [0.15, 0.2) is 30.3 Å². The standard InChI is InChI=1S/C19H25NO4/c1-3-20(4-2)13-11-19(12-14-24-18(19)23)17(22)10-7-15-5-8-16(21)9-6-15/h5-10,21H,3-4,11-14H2,1-2H3/b10-7+. The molecule has 0 aromatic heterocycles. The lowest BCUT2D eigenvalue weighted by molar-refractivity contribution is -0.150. The molecule has 2 rings (SSSR count). The van der Waals surface area contributed by atoms with E-state index in [2.05, 4.69) is 18.7 Å². The van der Waals surface area contributed by atoms with E-state index in [9.17, 15) is 14.7 Å². The molecule has 0 amide bonds. The van der Waals surface area contributed by atoms with Crippen molar-refractivity contribution in [3.63, 3.8) is 0 Å². The second-order valence-electron chi connectivity index (χ2n) is 6.03. The second-order valence-corrected chi connectivity index (χ2v) is 6.03. The average Bonchev–Trinajstić information content (AvgIpc) is 2.97. The Hall–Kier alpha value is -2.14. The van der Waals surface area contributed by atoms with Crippen molar-refractivity contribution >= 4 is 17.8 Å². The number of hydrogen-bond donors (Lipinski definition) is 1. The lowest BCUT2D eigenvalue weighted by Crippen LogP contribution is -2.39. The van der Waals surface area contributed by atoms with Crippen molar-refractivity contribution in [3.8, 4) is 5.75 Å². The van der Waals surface area contributed by atoms with E-state index >= 15 is 0 Å². The SMILES string of the molecule is CCN(CC)CCC1(C(=O)/C=C/c2ccc(O)cc2)CCOC1=O. The molecular weight excluding hydrogens is 306 g/mol. The summed E-state index contributed by atoms with van der Waals surface area (Å²) in [4.78, 5) is 27.2. The summed E-state index contributed by atoms with van der Waals surface area (Å²) in [5, 5.41) is 9.29. The average molecular weight is 331 g/mol. The van der Waals surface area contributed by atoms with Crippen molar-refractivity contribution < 1.29 is 19.4 Å². The normalized spacial score (nSPS) is 20.7. The van der Waals surface area contributed by atoms with Crippen LogP contribution in [0.4, 0.5) is 0 Å². The van der Waals surface area contributed by atoms with E-state index in [0.717, 1.165) is 18.7 Å². The van der Waals surface area contributed by atoms with Crippen LogP contribution in [0.25, 0.3) is 6.08 Å². The first kappa shape index (κ1) is 18.2. The van der Waals surface area contributed by atoms with Crippen LogP contribution in [0.3, 0.4) is 0 Å². The lowest BCUT2D eigenvalue weighted by Gasteiger charge is -2.26. The number of hydrogen-bond acceptors (Lipinski definition) is 5. The van der Waals surface area contributed by atoms with Gasteiger partial charge in [0.15, 0.2) is 5.78 Å². The molecule has 1 atom stereocenters. The van der Waals surface area contributed by atoms with Crippen molar-refractivity contribution in [3.05, 3.63) is 35.9 Å². The van der Waals surface area contributed by atoms with Gasteiger partial charge in [-0.1, -0.05) is 32.1 Å². The summed E-state index contributed by atoms with van der Waals surface area (Å²) in [5.74, 6) is -0.436. The number of benzene rings is 1. The third kappa shape index (κ3) is 4.03. The van der Waals surface area contributed by atoms with E-state index in [4.69, 9.17) is 4.74 Å². The van der Waals surface area contributed by atoms with E-state index < -0.39 is 11.4 Å². The van der Waals surface area contributed by atoms with E-state index in [-0.39, 0.29) is 11.5 Å². The van der Waals surface area contributed by atoms with Crippen LogP contribution in [0, 0.1) is 5.41 Å². The van der Waals surface area contributed by atoms with Gasteiger partial charge in [-0.05, 0) is 49.8 Å². The van der Waals surface area contributed by atoms with Crippen LogP contribution in [-0.2, 0) is 14.3 Å². The molecule has 0 spiro atoms. The zero-order valence-electron chi connectivity index (χ0n) is 14.3. The van der Waals surface area contributed by atoms with Crippen LogP contribution in [0.2, 0.25) is 0 Å². The van der Waals surface area contributed by atoms with Gasteiger partial charge in [0.2, 0.25) is 0 Å². The third-order valence-electron chi connectivity index (χ3n) is 4.69. The number of phenols is 1. The van der Waals surface area contributed by atoms with Crippen LogP contribution in [0.1, 0.15) is 32.3 Å². The van der Waals surface area contributed by atoms with Gasteiger partial charge in [-0.3, -0.25) is 9.59 Å². The summed E-state index contributed by atoms with van der Waals surface area (Å²) >= 11 is 0. The molecular formula is C19H25NO4. The van der Waals surface area contributed by atoms with Crippen molar-refractivity contribution in [2.45, 2.75) is 26.7 Å². The minimum absolute atomic E-state index is 0.175. The largest absolute Gasteiger partial charge is 0.508 e. The molecule has 0 aliphatic carbocycles. The number of cyclic esters (lactones) is 1. The fraction of sp³-hybridized carbons (Fsp3) is 0.474. The Morgan fingerprint density at radius 2 is 1.96 bits per heavy atom. The predicted octanol–water partition coefficient (Wildman–Crippen LogP) is 2.64. The zero-order valence-corrected chi connectivity index (χ0v) is 14.3. The van der Waals surface area contributed by atoms with Crippen molar-refractivity contribution in [1.29, 1.82) is 0 Å². The van der Waals surface area contributed by atoms with Crippen molar-refractivity contribution in [2.24, 2.45) is 5.41 Å². The highest BCUT2D eigenvalue weighted by Gasteiger charge is 2.49. The Balaban J connectivity index is 2.13. The lowest BCUT2D eigenvalue weighted by atomic mass is 9.78. The molecule has 1 unspecified atom stereocenters. The molecule has 0 bridgehead atoms. The van der Waals surface area contributed by atoms with Gasteiger partial charge in [0.25, 0.3) is 0 Å². The summed E-state index contributed by atoms with van der Waals surface area (Å²) < 4.78 is 5.11. The number of allylic oxidation sites excluding steroid dienone is 1. The number of carbonyl (C=O) groups excluding carboxylic acids is 2. The molecule has 24 heavy (non-hydrogen) atoms. The van der Waals surface area contributed by atoms with Gasteiger partial charge in [-0.25, -0.2) is 0 Å². The first-order chi connectivity index (χ1) is 11.5. The number of aromatic hydroxyl groups is 1. The van der Waals surface area contributed by atoms with Crippen molar-refractivity contribution in [1.82, 2.24) is 4.90 Å². The highest BCUT2D eigenvalue weighted by Crippen LogP contribution is 2.36. The quantitative estimate of drug-likeness (QED) is 0.451. The van der Waals surface area contributed by atoms with Gasteiger partial charge in [-0.2, -0.15) is 0 Å². The Kier molecular flexibility index (Phi) is 6.15. The molecule has 1 aromatic rings. The molecule has 1 aliphatic rings. The Morgan fingerprint density at radius 1 is 1.29 bits per heavy atom. The molecule has 5 nitrogen and oxygen atoms in total. The molecule has 1 fully saturated rings. The van der Waals surface area contributed by atoms with E-state index in [1.54, 1.807) is 30.3 Å². The van der Waals surface area contributed by atoms with Crippen LogP contribution >= 0.6 is 0 Å². The van der Waals surface area contributed by atoms with Gasteiger partial charge in [-0.15, -0.1) is 0 Å². The van der Waals surface area contributed by atoms with Crippen LogP contribution in [0.5, 0.6) is 5.75 Å².